The molecule has 42 heavy (non-hydrogen) atoms. The van der Waals surface area contributed by atoms with Gasteiger partial charge in [0, 0.05) is 26.2 Å². The van der Waals surface area contributed by atoms with Gasteiger partial charge in [0.25, 0.3) is 0 Å². The van der Waals surface area contributed by atoms with Crippen molar-refractivity contribution >= 4 is 15.9 Å². The number of carbonyl (C=O) groups excluding carboxylic acids is 1. The number of ether oxygens (including phenoxy) is 2. The van der Waals surface area contributed by atoms with E-state index in [0.29, 0.717) is 18.4 Å². The van der Waals surface area contributed by atoms with Crippen LogP contribution in [0, 0.1) is 17.7 Å². The lowest BCUT2D eigenvalue weighted by molar-refractivity contribution is -0.274. The predicted octanol–water partition coefficient (Wildman–Crippen LogP) is 4.98. The number of benzene rings is 2. The second-order valence-electron chi connectivity index (χ2n) is 10.7. The van der Waals surface area contributed by atoms with Gasteiger partial charge >= 0.3 is 6.36 Å². The Hall–Kier alpha value is -2.74. The summed E-state index contributed by atoms with van der Waals surface area (Å²) in [5.41, 5.74) is 1.08. The van der Waals surface area contributed by atoms with E-state index in [1.165, 1.54) is 19.2 Å². The Bertz CT molecular complexity index is 1240. The minimum Gasteiger partial charge on any atom is -0.406 e. The molecule has 1 aliphatic carbocycles. The number of nitrogens with zero attached hydrogens (tertiary/aromatic N) is 2. The Morgan fingerprint density at radius 3 is 2.29 bits per heavy atom. The predicted molar refractivity (Wildman–Crippen MR) is 150 cm³/mol. The third-order valence-corrected chi connectivity index (χ3v) is 9.40. The minimum absolute atomic E-state index is 0.0503. The van der Waals surface area contributed by atoms with Crippen LogP contribution < -0.4 is 10.1 Å². The average molecular weight is 618 g/mol. The standard InChI is InChI=1S/C29H39F4N3O5S/c1-35(2)28(22-8-10-23(30)11-9-22)26-7-5-4-6-21(26)16-17-34-27(37)20-40-19-18-36(3)42(38,39)25-14-12-24(13-15-25)41-29(31,32)33/h8-15,21,26,28H,4-7,16-20H2,1-3H3,(H,34,37). The number of carbonyl (C=O) groups is 1. The Morgan fingerprint density at radius 2 is 1.67 bits per heavy atom. The zero-order chi connectivity index (χ0) is 30.9. The van der Waals surface area contributed by atoms with Crippen molar-refractivity contribution in [2.45, 2.75) is 49.4 Å². The zero-order valence-electron chi connectivity index (χ0n) is 24.1. The molecule has 1 amide bonds. The highest BCUT2D eigenvalue weighted by atomic mass is 32.2. The molecule has 3 atom stereocenters. The van der Waals surface area contributed by atoms with E-state index in [0.717, 1.165) is 66.2 Å². The summed E-state index contributed by atoms with van der Waals surface area (Å²) in [5, 5.41) is 2.88. The summed E-state index contributed by atoms with van der Waals surface area (Å²) in [6, 6.07) is 10.7. The van der Waals surface area contributed by atoms with Crippen molar-refractivity contribution in [1.82, 2.24) is 14.5 Å². The molecule has 0 saturated heterocycles. The molecule has 0 radical (unpaired) electrons. The van der Waals surface area contributed by atoms with Gasteiger partial charge in [-0.3, -0.25) is 4.79 Å². The topological polar surface area (TPSA) is 88.2 Å². The molecule has 0 bridgehead atoms. The first kappa shape index (κ1) is 33.8. The van der Waals surface area contributed by atoms with Gasteiger partial charge in [-0.1, -0.05) is 31.4 Å². The van der Waals surface area contributed by atoms with Gasteiger partial charge in [0.2, 0.25) is 15.9 Å². The first-order valence-corrected chi connectivity index (χ1v) is 15.3. The van der Waals surface area contributed by atoms with Crippen molar-refractivity contribution in [2.24, 2.45) is 11.8 Å². The number of rotatable bonds is 14. The molecule has 8 nitrogen and oxygen atoms in total. The smallest absolute Gasteiger partial charge is 0.406 e. The number of amides is 1. The molecule has 1 fully saturated rings. The van der Waals surface area contributed by atoms with Gasteiger partial charge in [0.15, 0.2) is 0 Å². The summed E-state index contributed by atoms with van der Waals surface area (Å²) in [5.74, 6) is -0.329. The number of hydrogen-bond donors (Lipinski definition) is 1. The van der Waals surface area contributed by atoms with Crippen molar-refractivity contribution < 1.29 is 40.2 Å². The highest BCUT2D eigenvalue weighted by molar-refractivity contribution is 7.89. The maximum Gasteiger partial charge on any atom is 0.573 e. The second-order valence-corrected chi connectivity index (χ2v) is 12.8. The quantitative estimate of drug-likeness (QED) is 0.238. The Balaban J connectivity index is 1.42. The fourth-order valence-corrected chi connectivity index (χ4v) is 6.67. The summed E-state index contributed by atoms with van der Waals surface area (Å²) in [4.78, 5) is 14.3. The summed E-state index contributed by atoms with van der Waals surface area (Å²) < 4.78 is 86.0. The van der Waals surface area contributed by atoms with E-state index in [9.17, 15) is 30.8 Å². The molecule has 0 aliphatic heterocycles. The molecule has 234 valence electrons. The molecule has 3 unspecified atom stereocenters. The second kappa shape index (κ2) is 15.1. The summed E-state index contributed by atoms with van der Waals surface area (Å²) in [6.45, 7) is 0.136. The van der Waals surface area contributed by atoms with Crippen LogP contribution in [-0.2, 0) is 19.6 Å². The maximum absolute atomic E-state index is 13.5. The molecule has 2 aromatic carbocycles. The Labute approximate surface area is 245 Å². The van der Waals surface area contributed by atoms with Crippen molar-refractivity contribution in [1.29, 1.82) is 0 Å². The van der Waals surface area contributed by atoms with Crippen LogP contribution in [0.25, 0.3) is 0 Å². The molecule has 1 N–H and O–H groups in total. The monoisotopic (exact) mass is 617 g/mol. The Kier molecular flexibility index (Phi) is 12.2. The molecule has 1 aliphatic rings. The highest BCUT2D eigenvalue weighted by Gasteiger charge is 2.34. The molecule has 1 saturated carbocycles. The highest BCUT2D eigenvalue weighted by Crippen LogP contribution is 2.42. The molecular formula is C29H39F4N3O5S. The van der Waals surface area contributed by atoms with Gasteiger partial charge in [0.05, 0.1) is 11.5 Å². The number of hydrogen-bond acceptors (Lipinski definition) is 6. The van der Waals surface area contributed by atoms with Crippen LogP contribution in [0.5, 0.6) is 5.75 Å². The largest absolute Gasteiger partial charge is 0.573 e. The molecule has 0 heterocycles. The summed E-state index contributed by atoms with van der Waals surface area (Å²) >= 11 is 0. The lowest BCUT2D eigenvalue weighted by atomic mass is 9.71. The van der Waals surface area contributed by atoms with E-state index >= 15 is 0 Å². The van der Waals surface area contributed by atoms with Gasteiger partial charge in [-0.2, -0.15) is 4.31 Å². The van der Waals surface area contributed by atoms with E-state index in [4.69, 9.17) is 4.74 Å². The zero-order valence-corrected chi connectivity index (χ0v) is 24.9. The van der Waals surface area contributed by atoms with Gasteiger partial charge < -0.3 is 19.7 Å². The van der Waals surface area contributed by atoms with E-state index in [2.05, 4.69) is 15.0 Å². The van der Waals surface area contributed by atoms with E-state index in [1.54, 1.807) is 0 Å². The lowest BCUT2D eigenvalue weighted by Gasteiger charge is -2.40. The van der Waals surface area contributed by atoms with Crippen molar-refractivity contribution in [3.63, 3.8) is 0 Å². The number of alkyl halides is 3. The first-order chi connectivity index (χ1) is 19.8. The van der Waals surface area contributed by atoms with E-state index in [-0.39, 0.29) is 42.4 Å². The fourth-order valence-electron chi connectivity index (χ4n) is 5.52. The van der Waals surface area contributed by atoms with Crippen molar-refractivity contribution in [3.8, 4) is 5.75 Å². The van der Waals surface area contributed by atoms with Crippen molar-refractivity contribution in [3.05, 3.63) is 59.9 Å². The molecular weight excluding hydrogens is 578 g/mol. The van der Waals surface area contributed by atoms with Gasteiger partial charge in [-0.05, 0) is 80.7 Å². The molecule has 13 heteroatoms. The van der Waals surface area contributed by atoms with Crippen LogP contribution in [-0.4, -0.2) is 77.3 Å². The van der Waals surface area contributed by atoms with Crippen LogP contribution in [0.1, 0.15) is 43.7 Å². The maximum atomic E-state index is 13.5. The number of nitrogens with one attached hydrogen (secondary N) is 1. The third kappa shape index (κ3) is 9.92. The molecule has 2 aromatic rings. The van der Waals surface area contributed by atoms with E-state index < -0.39 is 22.1 Å². The lowest BCUT2D eigenvalue weighted by Crippen LogP contribution is -2.37. The molecule has 0 aromatic heterocycles. The van der Waals surface area contributed by atoms with Gasteiger partial charge in [0.1, 0.15) is 18.2 Å². The van der Waals surface area contributed by atoms with Crippen LogP contribution in [0.3, 0.4) is 0 Å². The molecule has 0 spiro atoms. The van der Waals surface area contributed by atoms with E-state index in [1.807, 2.05) is 26.2 Å². The normalized spacial score (nSPS) is 18.7. The summed E-state index contributed by atoms with van der Waals surface area (Å²) in [6.07, 6.45) is 0.305. The van der Waals surface area contributed by atoms with Crippen molar-refractivity contribution in [2.75, 3.05) is 47.4 Å². The van der Waals surface area contributed by atoms with Crippen LogP contribution in [0.2, 0.25) is 0 Å². The van der Waals surface area contributed by atoms with Gasteiger partial charge in [-0.25, -0.2) is 12.8 Å². The first-order valence-electron chi connectivity index (χ1n) is 13.9. The average Bonchev–Trinajstić information content (AvgIpc) is 2.92. The fraction of sp³-hybridized carbons (Fsp3) is 0.552. The van der Waals surface area contributed by atoms with Crippen LogP contribution in [0.4, 0.5) is 17.6 Å². The van der Waals surface area contributed by atoms with Crippen LogP contribution in [0.15, 0.2) is 53.4 Å². The van der Waals surface area contributed by atoms with Gasteiger partial charge in [-0.15, -0.1) is 13.2 Å². The SMILES string of the molecule is CN(C)C(c1ccc(F)cc1)C1CCCCC1CCNC(=O)COCCN(C)S(=O)(=O)c1ccc(OC(F)(F)F)cc1. The number of sulfonamides is 1. The summed E-state index contributed by atoms with van der Waals surface area (Å²) in [7, 11) is 1.40. The molecule has 3 rings (SSSR count). The van der Waals surface area contributed by atoms with Crippen LogP contribution >= 0.6 is 0 Å². The number of halogens is 4. The Morgan fingerprint density at radius 1 is 1.02 bits per heavy atom. The number of likely N-dealkylation sites (N-methyl/N-ethyl adjacent to an activating group) is 1. The third-order valence-electron chi connectivity index (χ3n) is 7.53. The minimum atomic E-state index is -4.88.